The van der Waals surface area contributed by atoms with E-state index < -0.39 is 18.0 Å². The number of nitrogens with zero attached hydrogens (tertiary/aromatic N) is 1. The van der Waals surface area contributed by atoms with Crippen LogP contribution in [0.2, 0.25) is 0 Å². The Balaban J connectivity index is 0. The van der Waals surface area contributed by atoms with Crippen molar-refractivity contribution in [3.05, 3.63) is 0 Å². The lowest BCUT2D eigenvalue weighted by molar-refractivity contribution is -0.140. The lowest BCUT2D eigenvalue weighted by atomic mass is 10.1. The first-order chi connectivity index (χ1) is 6.93. The molecule has 1 atom stereocenters. The van der Waals surface area contributed by atoms with Gasteiger partial charge in [-0.1, -0.05) is 0 Å². The number of carbonyl (C=O) groups is 2. The van der Waals surface area contributed by atoms with Gasteiger partial charge in [-0.25, -0.2) is 0 Å². The molecular formula is C9H19ClN2O4. The molecule has 7 heteroatoms. The summed E-state index contributed by atoms with van der Waals surface area (Å²) in [5.74, 6) is -1.98. The van der Waals surface area contributed by atoms with Crippen molar-refractivity contribution in [2.45, 2.75) is 18.9 Å². The van der Waals surface area contributed by atoms with E-state index in [0.29, 0.717) is 6.54 Å². The van der Waals surface area contributed by atoms with Gasteiger partial charge in [-0.05, 0) is 20.5 Å². The summed E-state index contributed by atoms with van der Waals surface area (Å²) in [5.41, 5.74) is 0. The molecule has 0 radical (unpaired) electrons. The molecule has 0 fully saturated rings. The van der Waals surface area contributed by atoms with Crippen molar-refractivity contribution in [2.75, 3.05) is 27.2 Å². The zero-order valence-electron chi connectivity index (χ0n) is 9.47. The highest BCUT2D eigenvalue weighted by Crippen LogP contribution is 1.97. The van der Waals surface area contributed by atoms with Gasteiger partial charge < -0.3 is 20.4 Å². The van der Waals surface area contributed by atoms with Gasteiger partial charge in [-0.3, -0.25) is 9.59 Å². The summed E-state index contributed by atoms with van der Waals surface area (Å²) in [5, 5.41) is 20.0. The van der Waals surface area contributed by atoms with E-state index in [1.165, 1.54) is 0 Å². The molecule has 0 spiro atoms. The summed E-state index contributed by atoms with van der Waals surface area (Å²) in [7, 11) is 3.77. The molecule has 0 saturated carbocycles. The van der Waals surface area contributed by atoms with Crippen LogP contribution in [-0.2, 0) is 9.59 Å². The van der Waals surface area contributed by atoms with Crippen LogP contribution in [0.3, 0.4) is 0 Å². The van der Waals surface area contributed by atoms with E-state index in [-0.39, 0.29) is 25.2 Å². The molecule has 0 aromatic carbocycles. The smallest absolute Gasteiger partial charge is 0.320 e. The van der Waals surface area contributed by atoms with Gasteiger partial charge in [0.2, 0.25) is 0 Å². The fraction of sp³-hybridized carbons (Fsp3) is 0.778. The van der Waals surface area contributed by atoms with Crippen molar-refractivity contribution in [3.8, 4) is 0 Å². The fourth-order valence-corrected chi connectivity index (χ4v) is 1.04. The number of nitrogens with one attached hydrogen (secondary N) is 1. The standard InChI is InChI=1S/C9H18N2O4.ClH/c1-11(2)6-5-10-7(9(14)15)3-4-8(12)13;/h7,10H,3-6H2,1-2H3,(H,12,13)(H,14,15);1H/t7-;/m0./s1. The molecule has 0 heterocycles. The number of rotatable bonds is 8. The fourth-order valence-electron chi connectivity index (χ4n) is 1.04. The highest BCUT2D eigenvalue weighted by atomic mass is 35.5. The average molecular weight is 255 g/mol. The number of likely N-dealkylation sites (N-methyl/N-ethyl adjacent to an activating group) is 1. The molecule has 0 aliphatic heterocycles. The molecule has 0 aromatic rings. The second-order valence-corrected chi connectivity index (χ2v) is 3.58. The summed E-state index contributed by atoms with van der Waals surface area (Å²) in [6.07, 6.45) is -0.0238. The number of aliphatic carboxylic acids is 2. The van der Waals surface area contributed by atoms with Gasteiger partial charge in [0.1, 0.15) is 6.04 Å². The summed E-state index contributed by atoms with van der Waals surface area (Å²) < 4.78 is 0. The molecule has 0 rings (SSSR count). The molecule has 6 nitrogen and oxygen atoms in total. The van der Waals surface area contributed by atoms with Crippen molar-refractivity contribution < 1.29 is 19.8 Å². The lowest BCUT2D eigenvalue weighted by Crippen LogP contribution is -2.40. The Morgan fingerprint density at radius 1 is 1.31 bits per heavy atom. The van der Waals surface area contributed by atoms with Crippen LogP contribution in [-0.4, -0.2) is 60.3 Å². The molecule has 0 bridgehead atoms. The number of carboxylic acids is 2. The molecule has 0 amide bonds. The number of hydrogen-bond donors (Lipinski definition) is 3. The monoisotopic (exact) mass is 254 g/mol. The van der Waals surface area contributed by atoms with Crippen LogP contribution < -0.4 is 5.32 Å². The zero-order valence-corrected chi connectivity index (χ0v) is 10.3. The van der Waals surface area contributed by atoms with E-state index in [9.17, 15) is 9.59 Å². The van der Waals surface area contributed by atoms with Crippen LogP contribution in [0.5, 0.6) is 0 Å². The minimum atomic E-state index is -1.00. The summed E-state index contributed by atoms with van der Waals surface area (Å²) >= 11 is 0. The largest absolute Gasteiger partial charge is 0.481 e. The van der Waals surface area contributed by atoms with E-state index in [2.05, 4.69) is 5.32 Å². The van der Waals surface area contributed by atoms with Crippen molar-refractivity contribution in [1.29, 1.82) is 0 Å². The lowest BCUT2D eigenvalue weighted by Gasteiger charge is -2.15. The van der Waals surface area contributed by atoms with E-state index in [1.807, 2.05) is 19.0 Å². The first-order valence-electron chi connectivity index (χ1n) is 4.76. The first-order valence-corrected chi connectivity index (χ1v) is 4.76. The number of carboxylic acid groups (broad SMARTS) is 2. The predicted molar refractivity (Wildman–Crippen MR) is 62.1 cm³/mol. The Kier molecular flexibility index (Phi) is 10.3. The highest BCUT2D eigenvalue weighted by molar-refractivity contribution is 5.85. The van der Waals surface area contributed by atoms with Crippen LogP contribution >= 0.6 is 12.4 Å². The summed E-state index contributed by atoms with van der Waals surface area (Å²) in [6, 6.07) is -0.777. The zero-order chi connectivity index (χ0) is 11.8. The minimum Gasteiger partial charge on any atom is -0.481 e. The van der Waals surface area contributed by atoms with Crippen molar-refractivity contribution in [2.24, 2.45) is 0 Å². The van der Waals surface area contributed by atoms with Gasteiger partial charge in [-0.15, -0.1) is 12.4 Å². The molecule has 0 saturated heterocycles. The van der Waals surface area contributed by atoms with E-state index in [4.69, 9.17) is 10.2 Å². The van der Waals surface area contributed by atoms with E-state index in [1.54, 1.807) is 0 Å². The van der Waals surface area contributed by atoms with Crippen molar-refractivity contribution in [3.63, 3.8) is 0 Å². The van der Waals surface area contributed by atoms with Gasteiger partial charge in [0.15, 0.2) is 0 Å². The normalized spacial score (nSPS) is 11.9. The van der Waals surface area contributed by atoms with Gasteiger partial charge >= 0.3 is 11.9 Å². The second kappa shape index (κ2) is 9.38. The molecule has 0 aromatic heterocycles. The minimum absolute atomic E-state index is 0. The van der Waals surface area contributed by atoms with Crippen LogP contribution in [0, 0.1) is 0 Å². The Morgan fingerprint density at radius 2 is 1.88 bits per heavy atom. The van der Waals surface area contributed by atoms with Gasteiger partial charge in [0.05, 0.1) is 0 Å². The van der Waals surface area contributed by atoms with E-state index >= 15 is 0 Å². The second-order valence-electron chi connectivity index (χ2n) is 3.58. The summed E-state index contributed by atoms with van der Waals surface area (Å²) in [4.78, 5) is 22.9. The Morgan fingerprint density at radius 3 is 2.25 bits per heavy atom. The van der Waals surface area contributed by atoms with Gasteiger partial charge in [0, 0.05) is 19.5 Å². The molecule has 0 aliphatic rings. The van der Waals surface area contributed by atoms with E-state index in [0.717, 1.165) is 6.54 Å². The number of hydrogen-bond acceptors (Lipinski definition) is 4. The molecule has 3 N–H and O–H groups in total. The number of halogens is 1. The van der Waals surface area contributed by atoms with Crippen LogP contribution in [0.15, 0.2) is 0 Å². The maximum absolute atomic E-state index is 10.7. The Hall–Kier alpha value is -0.850. The van der Waals surface area contributed by atoms with Crippen molar-refractivity contribution >= 4 is 24.3 Å². The molecule has 0 unspecified atom stereocenters. The van der Waals surface area contributed by atoms with Crippen LogP contribution in [0.25, 0.3) is 0 Å². The molecule has 16 heavy (non-hydrogen) atoms. The molecular weight excluding hydrogens is 236 g/mol. The Bertz CT molecular complexity index is 224. The van der Waals surface area contributed by atoms with Crippen LogP contribution in [0.4, 0.5) is 0 Å². The van der Waals surface area contributed by atoms with Gasteiger partial charge in [0.25, 0.3) is 0 Å². The maximum Gasteiger partial charge on any atom is 0.320 e. The average Bonchev–Trinajstić information content (AvgIpc) is 2.09. The predicted octanol–water partition coefficient (Wildman–Crippen LogP) is -0.123. The quantitative estimate of drug-likeness (QED) is 0.560. The topological polar surface area (TPSA) is 89.9 Å². The summed E-state index contributed by atoms with van der Waals surface area (Å²) in [6.45, 7) is 1.25. The SMILES string of the molecule is CN(C)CCN[C@@H](CCC(=O)O)C(=O)O.Cl. The van der Waals surface area contributed by atoms with Gasteiger partial charge in [-0.2, -0.15) is 0 Å². The Labute approximate surface area is 101 Å². The third-order valence-electron chi connectivity index (χ3n) is 1.89. The maximum atomic E-state index is 10.7. The third kappa shape index (κ3) is 9.70. The van der Waals surface area contributed by atoms with Crippen molar-refractivity contribution in [1.82, 2.24) is 10.2 Å². The first kappa shape index (κ1) is 17.5. The molecule has 96 valence electrons. The third-order valence-corrected chi connectivity index (χ3v) is 1.89. The highest BCUT2D eigenvalue weighted by Gasteiger charge is 2.17. The molecule has 0 aliphatic carbocycles. The van der Waals surface area contributed by atoms with Crippen LogP contribution in [0.1, 0.15) is 12.8 Å².